The van der Waals surface area contributed by atoms with E-state index in [0.29, 0.717) is 10.4 Å². The van der Waals surface area contributed by atoms with E-state index in [9.17, 15) is 0 Å². The summed E-state index contributed by atoms with van der Waals surface area (Å²) < 4.78 is 0. The normalized spacial score (nSPS) is 22.3. The molecule has 2 heterocycles. The van der Waals surface area contributed by atoms with E-state index < -0.39 is 0 Å². The van der Waals surface area contributed by atoms with Crippen molar-refractivity contribution in [2.24, 2.45) is 0 Å². The third-order valence-corrected chi connectivity index (χ3v) is 3.87. The van der Waals surface area contributed by atoms with Crippen LogP contribution in [0.4, 0.5) is 0 Å². The summed E-state index contributed by atoms with van der Waals surface area (Å²) in [7, 11) is 0. The average Bonchev–Trinajstić information content (AvgIpc) is 2.18. The van der Waals surface area contributed by atoms with Crippen molar-refractivity contribution in [2.45, 2.75) is 31.4 Å². The number of aryl methyl sites for hydroxylation is 1. The molecule has 2 rings (SSSR count). The Kier molecular flexibility index (Phi) is 3.29. The van der Waals surface area contributed by atoms with Crippen molar-refractivity contribution in [1.82, 2.24) is 9.97 Å². The van der Waals surface area contributed by atoms with E-state index in [1.165, 1.54) is 25.0 Å². The van der Waals surface area contributed by atoms with Gasteiger partial charge in [0.25, 0.3) is 0 Å². The Bertz CT molecular complexity index is 304. The molecule has 1 aromatic heterocycles. The van der Waals surface area contributed by atoms with Crippen molar-refractivity contribution >= 4 is 23.4 Å². The smallest absolute Gasteiger partial charge is 0.143 e. The molecule has 76 valence electrons. The lowest BCUT2D eigenvalue weighted by atomic mass is 10.2. The van der Waals surface area contributed by atoms with E-state index in [1.807, 2.05) is 18.7 Å². The highest BCUT2D eigenvalue weighted by molar-refractivity contribution is 7.99. The number of thioether (sulfide) groups is 1. The van der Waals surface area contributed by atoms with Crippen molar-refractivity contribution < 1.29 is 0 Å². The highest BCUT2D eigenvalue weighted by Crippen LogP contribution is 2.36. The minimum Gasteiger partial charge on any atom is -0.237 e. The molecule has 0 radical (unpaired) electrons. The first-order chi connectivity index (χ1) is 6.75. The second-order valence-electron chi connectivity index (χ2n) is 3.55. The predicted octanol–water partition coefficient (Wildman–Crippen LogP) is 3.40. The lowest BCUT2D eigenvalue weighted by Gasteiger charge is -2.19. The van der Waals surface area contributed by atoms with Gasteiger partial charge in [-0.2, -0.15) is 11.8 Å². The van der Waals surface area contributed by atoms with Gasteiger partial charge in [-0.1, -0.05) is 18.0 Å². The van der Waals surface area contributed by atoms with Gasteiger partial charge in [0.15, 0.2) is 0 Å². The Morgan fingerprint density at radius 1 is 1.43 bits per heavy atom. The third-order valence-electron chi connectivity index (χ3n) is 2.31. The molecular weight excluding hydrogens is 216 g/mol. The number of nitrogens with zero attached hydrogens (tertiary/aromatic N) is 2. The maximum Gasteiger partial charge on any atom is 0.143 e. The Balaban J connectivity index is 2.21. The first kappa shape index (κ1) is 10.2. The van der Waals surface area contributed by atoms with E-state index >= 15 is 0 Å². The van der Waals surface area contributed by atoms with Crippen molar-refractivity contribution in [3.05, 3.63) is 22.7 Å². The van der Waals surface area contributed by atoms with Crippen molar-refractivity contribution in [1.29, 1.82) is 0 Å². The summed E-state index contributed by atoms with van der Waals surface area (Å²) in [5, 5.41) is 1.03. The molecule has 0 spiro atoms. The highest BCUT2D eigenvalue weighted by Gasteiger charge is 2.19. The molecule has 1 fully saturated rings. The highest BCUT2D eigenvalue weighted by atomic mass is 35.5. The second-order valence-corrected chi connectivity index (χ2v) is 5.24. The zero-order chi connectivity index (χ0) is 9.97. The van der Waals surface area contributed by atoms with Crippen LogP contribution in [0.1, 0.15) is 36.0 Å². The van der Waals surface area contributed by atoms with Crippen LogP contribution in [0.25, 0.3) is 0 Å². The Morgan fingerprint density at radius 2 is 2.29 bits per heavy atom. The van der Waals surface area contributed by atoms with Gasteiger partial charge in [-0.15, -0.1) is 0 Å². The van der Waals surface area contributed by atoms with Crippen molar-refractivity contribution in [2.75, 3.05) is 5.75 Å². The fraction of sp³-hybridized carbons (Fsp3) is 0.600. The molecule has 1 saturated heterocycles. The summed E-state index contributed by atoms with van der Waals surface area (Å²) in [5.74, 6) is 2.14. The van der Waals surface area contributed by atoms with Crippen LogP contribution in [-0.4, -0.2) is 15.7 Å². The number of halogens is 1. The summed E-state index contributed by atoms with van der Waals surface area (Å²) in [6.45, 7) is 1.96. The molecule has 14 heavy (non-hydrogen) atoms. The Morgan fingerprint density at radius 3 is 2.93 bits per heavy atom. The van der Waals surface area contributed by atoms with Crippen molar-refractivity contribution in [3.63, 3.8) is 0 Å². The van der Waals surface area contributed by atoms with Crippen LogP contribution >= 0.6 is 23.4 Å². The monoisotopic (exact) mass is 228 g/mol. The summed E-state index contributed by atoms with van der Waals surface area (Å²) in [6.07, 6.45) is 3.79. The molecule has 0 N–H and O–H groups in total. The SMILES string of the molecule is Cc1cc(Cl)nc(C2CCCCS2)n1. The van der Waals surface area contributed by atoms with Crippen molar-refractivity contribution in [3.8, 4) is 0 Å². The minimum atomic E-state index is 0.459. The van der Waals surface area contributed by atoms with E-state index in [1.54, 1.807) is 6.07 Å². The van der Waals surface area contributed by atoms with E-state index in [0.717, 1.165) is 11.5 Å². The van der Waals surface area contributed by atoms with Crippen LogP contribution in [0.15, 0.2) is 6.07 Å². The number of aromatic nitrogens is 2. The molecule has 4 heteroatoms. The molecule has 0 aliphatic carbocycles. The van der Waals surface area contributed by atoms with E-state index in [2.05, 4.69) is 9.97 Å². The third kappa shape index (κ3) is 2.39. The zero-order valence-electron chi connectivity index (χ0n) is 8.16. The van der Waals surface area contributed by atoms with Gasteiger partial charge in [0.1, 0.15) is 11.0 Å². The van der Waals surface area contributed by atoms with Gasteiger partial charge in [0.05, 0.1) is 5.25 Å². The lowest BCUT2D eigenvalue weighted by molar-refractivity contribution is 0.660. The Labute approximate surface area is 93.5 Å². The molecule has 0 aromatic carbocycles. The number of hydrogen-bond acceptors (Lipinski definition) is 3. The van der Waals surface area contributed by atoms with Gasteiger partial charge < -0.3 is 0 Å². The van der Waals surface area contributed by atoms with Crippen LogP contribution in [0.3, 0.4) is 0 Å². The van der Waals surface area contributed by atoms with Gasteiger partial charge in [-0.05, 0) is 31.6 Å². The first-order valence-electron chi connectivity index (χ1n) is 4.88. The van der Waals surface area contributed by atoms with Crippen LogP contribution in [-0.2, 0) is 0 Å². The maximum atomic E-state index is 5.91. The average molecular weight is 229 g/mol. The van der Waals surface area contributed by atoms with E-state index in [4.69, 9.17) is 11.6 Å². The van der Waals surface area contributed by atoms with Gasteiger partial charge in [-0.25, -0.2) is 9.97 Å². The number of hydrogen-bond donors (Lipinski definition) is 0. The van der Waals surface area contributed by atoms with Crippen LogP contribution in [0.2, 0.25) is 5.15 Å². The molecule has 1 aromatic rings. The van der Waals surface area contributed by atoms with E-state index in [-0.39, 0.29) is 0 Å². The molecular formula is C10H13ClN2S. The standard InChI is InChI=1S/C10H13ClN2S/c1-7-6-9(11)13-10(12-7)8-4-2-3-5-14-8/h6,8H,2-5H2,1H3. The van der Waals surface area contributed by atoms with Gasteiger partial charge in [0.2, 0.25) is 0 Å². The molecule has 1 unspecified atom stereocenters. The number of rotatable bonds is 1. The summed E-state index contributed by atoms with van der Waals surface area (Å²) in [4.78, 5) is 8.73. The zero-order valence-corrected chi connectivity index (χ0v) is 9.74. The molecule has 1 atom stereocenters. The molecule has 1 aliphatic rings. The van der Waals surface area contributed by atoms with Crippen LogP contribution in [0, 0.1) is 6.92 Å². The predicted molar refractivity (Wildman–Crippen MR) is 60.8 cm³/mol. The first-order valence-corrected chi connectivity index (χ1v) is 6.31. The Hall–Kier alpha value is -0.280. The second kappa shape index (κ2) is 4.49. The van der Waals surface area contributed by atoms with Crippen LogP contribution < -0.4 is 0 Å². The fourth-order valence-electron chi connectivity index (χ4n) is 1.64. The van der Waals surface area contributed by atoms with Gasteiger partial charge >= 0.3 is 0 Å². The topological polar surface area (TPSA) is 25.8 Å². The van der Waals surface area contributed by atoms with Crippen LogP contribution in [0.5, 0.6) is 0 Å². The van der Waals surface area contributed by atoms with Gasteiger partial charge in [-0.3, -0.25) is 0 Å². The largest absolute Gasteiger partial charge is 0.237 e. The molecule has 0 saturated carbocycles. The maximum absolute atomic E-state index is 5.91. The fourth-order valence-corrected chi connectivity index (χ4v) is 3.13. The minimum absolute atomic E-state index is 0.459. The quantitative estimate of drug-likeness (QED) is 0.689. The summed E-state index contributed by atoms with van der Waals surface area (Å²) in [6, 6.07) is 1.80. The molecule has 0 bridgehead atoms. The lowest BCUT2D eigenvalue weighted by Crippen LogP contribution is -2.07. The molecule has 0 amide bonds. The van der Waals surface area contributed by atoms with Gasteiger partial charge in [0, 0.05) is 5.69 Å². The summed E-state index contributed by atoms with van der Waals surface area (Å²) >= 11 is 7.86. The summed E-state index contributed by atoms with van der Waals surface area (Å²) in [5.41, 5.74) is 0.964. The molecule has 1 aliphatic heterocycles. The molecule has 2 nitrogen and oxygen atoms in total.